The molecule has 10 heteroatoms. The van der Waals surface area contributed by atoms with E-state index in [-0.39, 0.29) is 22.7 Å². The predicted octanol–water partition coefficient (Wildman–Crippen LogP) is 2.70. The minimum atomic E-state index is -0.999. The molecule has 2 aromatic rings. The Kier molecular flexibility index (Phi) is 7.47. The van der Waals surface area contributed by atoms with E-state index < -0.39 is 23.4 Å². The van der Waals surface area contributed by atoms with E-state index in [9.17, 15) is 25.0 Å². The van der Waals surface area contributed by atoms with Crippen LogP contribution in [0.15, 0.2) is 48.0 Å². The van der Waals surface area contributed by atoms with E-state index >= 15 is 0 Å². The van der Waals surface area contributed by atoms with Gasteiger partial charge in [0.1, 0.15) is 23.1 Å². The molecule has 2 aromatic carbocycles. The second-order valence-corrected chi connectivity index (χ2v) is 5.71. The summed E-state index contributed by atoms with van der Waals surface area (Å²) in [6.07, 6.45) is 1.30. The zero-order chi connectivity index (χ0) is 22.1. The fourth-order valence-electron chi connectivity index (χ4n) is 2.34. The molecule has 0 aliphatic rings. The maximum absolute atomic E-state index is 12.1. The summed E-state index contributed by atoms with van der Waals surface area (Å²) >= 11 is 0. The van der Waals surface area contributed by atoms with Gasteiger partial charge in [0.05, 0.1) is 24.8 Å². The van der Waals surface area contributed by atoms with Gasteiger partial charge in [-0.2, -0.15) is 5.26 Å². The number of carbonyl (C=O) groups is 2. The maximum atomic E-state index is 12.1. The third kappa shape index (κ3) is 5.80. The van der Waals surface area contributed by atoms with E-state index in [1.807, 2.05) is 0 Å². The first-order chi connectivity index (χ1) is 14.4. The average Bonchev–Trinajstić information content (AvgIpc) is 2.75. The van der Waals surface area contributed by atoms with Crippen molar-refractivity contribution in [2.24, 2.45) is 0 Å². The highest BCUT2D eigenvalue weighted by molar-refractivity contribution is 6.00. The highest BCUT2D eigenvalue weighted by atomic mass is 16.6. The average molecular weight is 411 g/mol. The zero-order valence-electron chi connectivity index (χ0n) is 16.1. The predicted molar refractivity (Wildman–Crippen MR) is 106 cm³/mol. The van der Waals surface area contributed by atoms with Crippen LogP contribution in [0.4, 0.5) is 11.4 Å². The number of ether oxygens (including phenoxy) is 3. The van der Waals surface area contributed by atoms with Crippen molar-refractivity contribution < 1.29 is 28.7 Å². The lowest BCUT2D eigenvalue weighted by atomic mass is 10.1. The van der Waals surface area contributed by atoms with E-state index in [1.54, 1.807) is 30.3 Å². The van der Waals surface area contributed by atoms with Crippen LogP contribution in [0.1, 0.15) is 5.56 Å². The Balaban J connectivity index is 2.05. The Bertz CT molecular complexity index is 1040. The number of rotatable bonds is 8. The molecule has 0 heterocycles. The molecule has 2 rings (SSSR count). The molecule has 154 valence electrons. The first-order valence-corrected chi connectivity index (χ1v) is 8.43. The van der Waals surface area contributed by atoms with Crippen LogP contribution in [0.3, 0.4) is 0 Å². The molecular formula is C20H17N3O7. The topological polar surface area (TPSA) is 141 Å². The summed E-state index contributed by atoms with van der Waals surface area (Å²) in [7, 11) is 2.82. The van der Waals surface area contributed by atoms with Gasteiger partial charge in [0.15, 0.2) is 6.61 Å². The van der Waals surface area contributed by atoms with Crippen molar-refractivity contribution >= 4 is 29.3 Å². The van der Waals surface area contributed by atoms with E-state index in [2.05, 4.69) is 5.32 Å². The molecular weight excluding hydrogens is 394 g/mol. The van der Waals surface area contributed by atoms with Gasteiger partial charge in [-0.05, 0) is 29.8 Å². The molecule has 0 bridgehead atoms. The van der Waals surface area contributed by atoms with Crippen LogP contribution < -0.4 is 14.8 Å². The number of carbonyl (C=O) groups excluding carboxylic acids is 2. The number of benzene rings is 2. The smallest absolute Gasteiger partial charge is 0.349 e. The van der Waals surface area contributed by atoms with Crippen molar-refractivity contribution in [3.63, 3.8) is 0 Å². The lowest BCUT2D eigenvalue weighted by Gasteiger charge is -2.10. The highest BCUT2D eigenvalue weighted by Crippen LogP contribution is 2.28. The summed E-state index contributed by atoms with van der Waals surface area (Å²) in [5, 5.41) is 22.5. The van der Waals surface area contributed by atoms with E-state index in [0.29, 0.717) is 11.3 Å². The van der Waals surface area contributed by atoms with Crippen LogP contribution in [0.5, 0.6) is 11.5 Å². The Morgan fingerprint density at radius 2 is 1.97 bits per heavy atom. The Hall–Kier alpha value is -4.39. The number of esters is 1. The number of nitrogens with one attached hydrogen (secondary N) is 1. The van der Waals surface area contributed by atoms with Crippen molar-refractivity contribution in [1.29, 1.82) is 5.26 Å². The van der Waals surface area contributed by atoms with Gasteiger partial charge in [0.2, 0.25) is 0 Å². The maximum Gasteiger partial charge on any atom is 0.349 e. The van der Waals surface area contributed by atoms with Crippen LogP contribution in [0.25, 0.3) is 6.08 Å². The Morgan fingerprint density at radius 3 is 2.60 bits per heavy atom. The van der Waals surface area contributed by atoms with Crippen molar-refractivity contribution in [3.8, 4) is 17.6 Å². The number of hydrogen-bond donors (Lipinski definition) is 1. The van der Waals surface area contributed by atoms with Gasteiger partial charge in [-0.25, -0.2) is 4.79 Å². The SMILES string of the molecule is COc1cccc(/C=C(\C#N)C(=O)OCC(=O)Nc2cc([N+](=O)[O-])ccc2OC)c1. The van der Waals surface area contributed by atoms with Gasteiger partial charge in [-0.1, -0.05) is 12.1 Å². The van der Waals surface area contributed by atoms with Crippen LogP contribution in [0.2, 0.25) is 0 Å². The van der Waals surface area contributed by atoms with E-state index in [4.69, 9.17) is 14.2 Å². The highest BCUT2D eigenvalue weighted by Gasteiger charge is 2.16. The van der Waals surface area contributed by atoms with Crippen molar-refractivity contribution in [1.82, 2.24) is 0 Å². The van der Waals surface area contributed by atoms with Crippen LogP contribution in [0, 0.1) is 21.4 Å². The molecule has 0 atom stereocenters. The number of methoxy groups -OCH3 is 2. The number of nitriles is 1. The van der Waals surface area contributed by atoms with Crippen LogP contribution in [-0.2, 0) is 14.3 Å². The fraction of sp³-hybridized carbons (Fsp3) is 0.150. The zero-order valence-corrected chi connectivity index (χ0v) is 16.1. The third-order valence-electron chi connectivity index (χ3n) is 3.75. The van der Waals surface area contributed by atoms with Gasteiger partial charge in [0, 0.05) is 12.1 Å². The second-order valence-electron chi connectivity index (χ2n) is 5.71. The lowest BCUT2D eigenvalue weighted by molar-refractivity contribution is -0.384. The van der Waals surface area contributed by atoms with Gasteiger partial charge in [0.25, 0.3) is 11.6 Å². The molecule has 0 aliphatic carbocycles. The quantitative estimate of drug-likeness (QED) is 0.230. The van der Waals surface area contributed by atoms with Crippen molar-refractivity contribution in [2.75, 3.05) is 26.1 Å². The number of amides is 1. The first-order valence-electron chi connectivity index (χ1n) is 8.43. The first kappa shape index (κ1) is 21.9. The Labute approximate surface area is 171 Å². The third-order valence-corrected chi connectivity index (χ3v) is 3.75. The molecule has 0 radical (unpaired) electrons. The van der Waals surface area contributed by atoms with E-state index in [0.717, 1.165) is 6.07 Å². The van der Waals surface area contributed by atoms with Crippen molar-refractivity contribution in [3.05, 3.63) is 63.7 Å². The van der Waals surface area contributed by atoms with Gasteiger partial charge in [-0.3, -0.25) is 14.9 Å². The largest absolute Gasteiger partial charge is 0.497 e. The van der Waals surface area contributed by atoms with Gasteiger partial charge < -0.3 is 19.5 Å². The molecule has 1 N–H and O–H groups in total. The fourth-order valence-corrected chi connectivity index (χ4v) is 2.34. The molecule has 0 saturated heterocycles. The van der Waals surface area contributed by atoms with Crippen LogP contribution >= 0.6 is 0 Å². The number of anilines is 1. The van der Waals surface area contributed by atoms with Gasteiger partial charge >= 0.3 is 5.97 Å². The summed E-state index contributed by atoms with van der Waals surface area (Å²) in [6, 6.07) is 12.0. The molecule has 0 aromatic heterocycles. The summed E-state index contributed by atoms with van der Waals surface area (Å²) in [4.78, 5) is 34.5. The number of hydrogen-bond acceptors (Lipinski definition) is 8. The number of non-ortho nitro benzene ring substituents is 1. The summed E-state index contributed by atoms with van der Waals surface area (Å²) in [6.45, 7) is -0.707. The minimum absolute atomic E-state index is 0.0418. The molecule has 0 unspecified atom stereocenters. The summed E-state index contributed by atoms with van der Waals surface area (Å²) < 4.78 is 15.0. The molecule has 0 saturated carbocycles. The van der Waals surface area contributed by atoms with Crippen molar-refractivity contribution in [2.45, 2.75) is 0 Å². The number of nitro benzene ring substituents is 1. The molecule has 0 spiro atoms. The molecule has 0 aliphatic heterocycles. The number of nitrogens with zero attached hydrogens (tertiary/aromatic N) is 2. The standard InChI is InChI=1S/C20H17N3O7/c1-28-16-5-3-4-13(9-16)8-14(11-21)20(25)30-12-19(24)22-17-10-15(23(26)27)6-7-18(17)29-2/h3-10H,12H2,1-2H3,(H,22,24)/b14-8+. The summed E-state index contributed by atoms with van der Waals surface area (Å²) in [5.41, 5.74) is 0.00822. The Morgan fingerprint density at radius 1 is 1.20 bits per heavy atom. The molecule has 0 fully saturated rings. The number of nitro groups is 1. The van der Waals surface area contributed by atoms with Gasteiger partial charge in [-0.15, -0.1) is 0 Å². The van der Waals surface area contributed by atoms with E-state index in [1.165, 1.54) is 32.4 Å². The summed E-state index contributed by atoms with van der Waals surface area (Å²) in [5.74, 6) is -1.03. The van der Waals surface area contributed by atoms with Crippen LogP contribution in [-0.4, -0.2) is 37.6 Å². The molecule has 30 heavy (non-hydrogen) atoms. The lowest BCUT2D eigenvalue weighted by Crippen LogP contribution is -2.21. The second kappa shape index (κ2) is 10.2. The normalized spacial score (nSPS) is 10.5. The molecule has 10 nitrogen and oxygen atoms in total. The minimum Gasteiger partial charge on any atom is -0.497 e. The monoisotopic (exact) mass is 411 g/mol. The molecule has 1 amide bonds.